The lowest BCUT2D eigenvalue weighted by molar-refractivity contribution is -0.0566. The van der Waals surface area contributed by atoms with Gasteiger partial charge < -0.3 is 29.9 Å². The van der Waals surface area contributed by atoms with Gasteiger partial charge in [-0.25, -0.2) is 9.37 Å². The van der Waals surface area contributed by atoms with Gasteiger partial charge >= 0.3 is 0 Å². The summed E-state index contributed by atoms with van der Waals surface area (Å²) in [5.41, 5.74) is -1.18. The Labute approximate surface area is 185 Å². The third-order valence-corrected chi connectivity index (χ3v) is 6.55. The van der Waals surface area contributed by atoms with Crippen molar-refractivity contribution in [2.75, 3.05) is 56.8 Å². The Morgan fingerprint density at radius 3 is 2.72 bits per heavy atom. The van der Waals surface area contributed by atoms with E-state index in [4.69, 9.17) is 14.5 Å². The second-order valence-corrected chi connectivity index (χ2v) is 8.91. The largest absolute Gasteiger partial charge is 0.394 e. The lowest BCUT2D eigenvalue weighted by Gasteiger charge is -2.27. The summed E-state index contributed by atoms with van der Waals surface area (Å²) in [5.74, 6) is 1.07. The molecular formula is C20H30FN7O4. The van der Waals surface area contributed by atoms with Gasteiger partial charge in [-0.2, -0.15) is 9.97 Å². The fraction of sp³-hybridized carbons (Fsp3) is 0.750. The van der Waals surface area contributed by atoms with E-state index < -0.39 is 30.7 Å². The number of hydrogen-bond donors (Lipinski definition) is 3. The van der Waals surface area contributed by atoms with Gasteiger partial charge in [-0.05, 0) is 19.8 Å². The molecule has 32 heavy (non-hydrogen) atoms. The van der Waals surface area contributed by atoms with Crippen LogP contribution in [-0.4, -0.2) is 105 Å². The van der Waals surface area contributed by atoms with E-state index >= 15 is 4.39 Å². The molecule has 12 heteroatoms. The number of nitrogens with zero attached hydrogens (tertiary/aromatic N) is 6. The smallest absolute Gasteiger partial charge is 0.227 e. The van der Waals surface area contributed by atoms with Crippen LogP contribution >= 0.6 is 0 Å². The maximum Gasteiger partial charge on any atom is 0.227 e. The quantitative estimate of drug-likeness (QED) is 0.535. The molecule has 3 fully saturated rings. The van der Waals surface area contributed by atoms with Gasteiger partial charge in [0.15, 0.2) is 28.9 Å². The SMILES string of the molecule is CN(c1nc(NCN2CCOCC2)nc2c1ncn2[C@@H]1O[C@H](CO)[C@@H](O)[C@@]1(C)F)C1CC1. The zero-order chi connectivity index (χ0) is 22.5. The summed E-state index contributed by atoms with van der Waals surface area (Å²) in [5, 5.41) is 23.1. The van der Waals surface area contributed by atoms with E-state index in [1.54, 1.807) is 0 Å². The number of imidazole rings is 1. The van der Waals surface area contributed by atoms with Crippen molar-refractivity contribution >= 4 is 22.9 Å². The summed E-state index contributed by atoms with van der Waals surface area (Å²) in [4.78, 5) is 18.1. The van der Waals surface area contributed by atoms with E-state index in [-0.39, 0.29) is 0 Å². The minimum absolute atomic E-state index is 0.389. The first-order chi connectivity index (χ1) is 15.4. The van der Waals surface area contributed by atoms with Crippen molar-refractivity contribution in [3.05, 3.63) is 6.33 Å². The molecule has 176 valence electrons. The molecule has 1 saturated carbocycles. The first-order valence-electron chi connectivity index (χ1n) is 11.0. The number of rotatable bonds is 7. The van der Waals surface area contributed by atoms with Crippen molar-refractivity contribution < 1.29 is 24.1 Å². The molecule has 0 radical (unpaired) electrons. The second-order valence-electron chi connectivity index (χ2n) is 8.91. The molecule has 2 aromatic heterocycles. The van der Waals surface area contributed by atoms with Crippen LogP contribution in [0.2, 0.25) is 0 Å². The van der Waals surface area contributed by atoms with E-state index in [1.165, 1.54) is 17.8 Å². The number of aromatic nitrogens is 4. The Morgan fingerprint density at radius 2 is 2.06 bits per heavy atom. The predicted molar refractivity (Wildman–Crippen MR) is 114 cm³/mol. The summed E-state index contributed by atoms with van der Waals surface area (Å²) in [6, 6.07) is 0.389. The molecule has 3 aliphatic rings. The molecule has 2 aliphatic heterocycles. The van der Waals surface area contributed by atoms with Gasteiger partial charge in [0.25, 0.3) is 0 Å². The zero-order valence-electron chi connectivity index (χ0n) is 18.3. The Bertz CT molecular complexity index is 963. The fourth-order valence-electron chi connectivity index (χ4n) is 4.34. The van der Waals surface area contributed by atoms with Crippen LogP contribution in [0, 0.1) is 0 Å². The third-order valence-electron chi connectivity index (χ3n) is 6.55. The van der Waals surface area contributed by atoms with Crippen molar-refractivity contribution in [3.8, 4) is 0 Å². The molecule has 2 aromatic rings. The summed E-state index contributed by atoms with van der Waals surface area (Å²) >= 11 is 0. The van der Waals surface area contributed by atoms with Crippen molar-refractivity contribution in [2.45, 2.75) is 49.9 Å². The van der Waals surface area contributed by atoms with Gasteiger partial charge in [0.05, 0.1) is 32.8 Å². The molecule has 3 N–H and O–H groups in total. The number of fused-ring (bicyclic) bond motifs is 1. The number of hydrogen-bond acceptors (Lipinski definition) is 10. The molecule has 0 amide bonds. The highest BCUT2D eigenvalue weighted by atomic mass is 19.1. The van der Waals surface area contributed by atoms with Crippen LogP contribution in [0.25, 0.3) is 11.2 Å². The average molecular weight is 452 g/mol. The average Bonchev–Trinajstić information content (AvgIpc) is 3.53. The van der Waals surface area contributed by atoms with Crippen molar-refractivity contribution in [1.82, 2.24) is 24.4 Å². The van der Waals surface area contributed by atoms with Crippen LogP contribution in [0.4, 0.5) is 16.2 Å². The molecule has 4 atom stereocenters. The van der Waals surface area contributed by atoms with Crippen LogP contribution in [-0.2, 0) is 9.47 Å². The van der Waals surface area contributed by atoms with E-state index in [1.807, 2.05) is 7.05 Å². The highest BCUT2D eigenvalue weighted by Crippen LogP contribution is 2.43. The van der Waals surface area contributed by atoms with Crippen molar-refractivity contribution in [2.24, 2.45) is 0 Å². The Hall–Kier alpha value is -2.12. The zero-order valence-corrected chi connectivity index (χ0v) is 18.3. The number of nitrogens with one attached hydrogen (secondary N) is 1. The molecule has 0 spiro atoms. The number of ether oxygens (including phenoxy) is 2. The molecular weight excluding hydrogens is 421 g/mol. The summed E-state index contributed by atoms with van der Waals surface area (Å²) < 4.78 is 28.0. The summed E-state index contributed by atoms with van der Waals surface area (Å²) in [7, 11) is 1.97. The molecule has 0 unspecified atom stereocenters. The number of alkyl halides is 1. The monoisotopic (exact) mass is 451 g/mol. The molecule has 0 aromatic carbocycles. The molecule has 0 bridgehead atoms. The molecule has 5 rings (SSSR count). The van der Waals surface area contributed by atoms with Gasteiger partial charge in [0, 0.05) is 26.2 Å². The van der Waals surface area contributed by atoms with Crippen LogP contribution in [0.15, 0.2) is 6.33 Å². The first kappa shape index (κ1) is 21.7. The van der Waals surface area contributed by atoms with E-state index in [0.717, 1.165) is 25.9 Å². The maximum atomic E-state index is 15.5. The maximum absolute atomic E-state index is 15.5. The second kappa shape index (κ2) is 8.34. The predicted octanol–water partition coefficient (Wildman–Crippen LogP) is 0.105. The summed E-state index contributed by atoms with van der Waals surface area (Å²) in [6.07, 6.45) is -0.0491. The number of halogens is 1. The standard InChI is InChI=1S/C20H30FN7O4/c1-20(21)15(30)13(9-29)32-18(20)28-11-22-14-16(26(2)12-3-4-12)24-19(25-17(14)28)23-10-27-5-7-31-8-6-27/h11-13,15,18,29-30H,3-10H2,1-2H3,(H,23,24,25)/t13-,15-,18-,20-/m1/s1. The lowest BCUT2D eigenvalue weighted by atomic mass is 9.98. The number of aliphatic hydroxyl groups excluding tert-OH is 2. The number of anilines is 2. The number of aliphatic hydroxyl groups is 2. The van der Waals surface area contributed by atoms with Crippen LogP contribution in [0.5, 0.6) is 0 Å². The van der Waals surface area contributed by atoms with Crippen LogP contribution < -0.4 is 10.2 Å². The lowest BCUT2D eigenvalue weighted by Crippen LogP contribution is -2.40. The summed E-state index contributed by atoms with van der Waals surface area (Å²) in [6.45, 7) is 4.35. The van der Waals surface area contributed by atoms with Gasteiger partial charge in [0.1, 0.15) is 12.2 Å². The Morgan fingerprint density at radius 1 is 1.31 bits per heavy atom. The molecule has 4 heterocycles. The minimum atomic E-state index is -2.13. The number of morpholine rings is 1. The highest BCUT2D eigenvalue weighted by Gasteiger charge is 2.55. The van der Waals surface area contributed by atoms with E-state index in [2.05, 4.69) is 25.1 Å². The fourth-order valence-corrected chi connectivity index (χ4v) is 4.34. The van der Waals surface area contributed by atoms with E-state index in [0.29, 0.717) is 48.9 Å². The van der Waals surface area contributed by atoms with Gasteiger partial charge in [-0.3, -0.25) is 9.47 Å². The van der Waals surface area contributed by atoms with Crippen LogP contribution in [0.1, 0.15) is 26.0 Å². The Kier molecular flexibility index (Phi) is 5.66. The van der Waals surface area contributed by atoms with E-state index in [9.17, 15) is 10.2 Å². The van der Waals surface area contributed by atoms with Gasteiger partial charge in [-0.15, -0.1) is 0 Å². The third kappa shape index (κ3) is 3.79. The van der Waals surface area contributed by atoms with Crippen molar-refractivity contribution in [3.63, 3.8) is 0 Å². The molecule has 2 saturated heterocycles. The topological polar surface area (TPSA) is 121 Å². The first-order valence-corrected chi connectivity index (χ1v) is 11.0. The molecule has 1 aliphatic carbocycles. The van der Waals surface area contributed by atoms with Gasteiger partial charge in [0.2, 0.25) is 5.95 Å². The normalized spacial score (nSPS) is 31.3. The minimum Gasteiger partial charge on any atom is -0.394 e. The van der Waals surface area contributed by atoms with Crippen molar-refractivity contribution in [1.29, 1.82) is 0 Å². The highest BCUT2D eigenvalue weighted by molar-refractivity contribution is 5.85. The van der Waals surface area contributed by atoms with Gasteiger partial charge in [-0.1, -0.05) is 0 Å². The van der Waals surface area contributed by atoms with Crippen LogP contribution in [0.3, 0.4) is 0 Å². The molecule has 11 nitrogen and oxygen atoms in total. The Balaban J connectivity index is 1.51.